The highest BCUT2D eigenvalue weighted by atomic mass is 79.9. The third kappa shape index (κ3) is 5.79. The van der Waals surface area contributed by atoms with E-state index in [-0.39, 0.29) is 12.8 Å². The third-order valence-electron chi connectivity index (χ3n) is 3.81. The fourth-order valence-electron chi connectivity index (χ4n) is 2.59. The number of hydrogen-bond donors (Lipinski definition) is 1. The lowest BCUT2D eigenvalue weighted by Crippen LogP contribution is -2.30. The summed E-state index contributed by atoms with van der Waals surface area (Å²) in [5.74, 6) is 0. The number of benzene rings is 2. The SMILES string of the molecule is N#CCCCC(NS(=O)(=O)c1ccccc1C(F)(F)F)c1cccc(Br)c1. The van der Waals surface area contributed by atoms with Crippen molar-refractivity contribution in [3.8, 4) is 6.07 Å². The molecule has 4 nitrogen and oxygen atoms in total. The van der Waals surface area contributed by atoms with Gasteiger partial charge in [-0.1, -0.05) is 40.2 Å². The van der Waals surface area contributed by atoms with E-state index in [1.54, 1.807) is 24.3 Å². The highest BCUT2D eigenvalue weighted by Crippen LogP contribution is 2.35. The van der Waals surface area contributed by atoms with Crippen LogP contribution in [-0.2, 0) is 16.2 Å². The van der Waals surface area contributed by atoms with Gasteiger partial charge in [0.25, 0.3) is 0 Å². The first-order valence-corrected chi connectivity index (χ1v) is 10.2. The van der Waals surface area contributed by atoms with Crippen LogP contribution in [-0.4, -0.2) is 8.42 Å². The fraction of sp³-hybridized carbons (Fsp3) is 0.278. The molecular formula is C18H16BrF3N2O2S. The summed E-state index contributed by atoms with van der Waals surface area (Å²) in [6.45, 7) is 0. The number of halogens is 4. The Labute approximate surface area is 164 Å². The van der Waals surface area contributed by atoms with Crippen LogP contribution in [0.15, 0.2) is 57.9 Å². The van der Waals surface area contributed by atoms with Crippen LogP contribution in [0.4, 0.5) is 13.2 Å². The first-order chi connectivity index (χ1) is 12.6. The minimum absolute atomic E-state index is 0.214. The number of nitrogens with zero attached hydrogens (tertiary/aromatic N) is 1. The molecule has 0 saturated carbocycles. The van der Waals surface area contributed by atoms with E-state index < -0.39 is 32.7 Å². The molecular weight excluding hydrogens is 445 g/mol. The van der Waals surface area contributed by atoms with E-state index in [4.69, 9.17) is 5.26 Å². The molecule has 2 aromatic carbocycles. The number of rotatable bonds is 7. The minimum Gasteiger partial charge on any atom is -0.207 e. The van der Waals surface area contributed by atoms with Crippen LogP contribution in [0.1, 0.15) is 36.4 Å². The van der Waals surface area contributed by atoms with Crippen molar-refractivity contribution in [3.63, 3.8) is 0 Å². The van der Waals surface area contributed by atoms with Gasteiger partial charge in [-0.2, -0.15) is 18.4 Å². The predicted octanol–water partition coefficient (Wildman–Crippen LogP) is 5.18. The molecule has 0 amide bonds. The molecule has 0 radical (unpaired) electrons. The molecule has 2 rings (SSSR count). The van der Waals surface area contributed by atoms with Crippen molar-refractivity contribution in [1.29, 1.82) is 5.26 Å². The van der Waals surface area contributed by atoms with Gasteiger partial charge in [0.05, 0.1) is 16.5 Å². The van der Waals surface area contributed by atoms with Crippen LogP contribution in [0.5, 0.6) is 0 Å². The zero-order valence-corrected chi connectivity index (χ0v) is 16.4. The number of unbranched alkanes of at least 4 members (excludes halogenated alkanes) is 1. The molecule has 2 aromatic rings. The second-order valence-corrected chi connectivity index (χ2v) is 8.37. The van der Waals surface area contributed by atoms with Crippen molar-refractivity contribution in [2.24, 2.45) is 0 Å². The summed E-state index contributed by atoms with van der Waals surface area (Å²) < 4.78 is 68.1. The molecule has 0 heterocycles. The standard InChI is InChI=1S/C18H16BrF3N2O2S/c19-14-7-5-6-13(12-14)16(9-3-4-11-23)24-27(25,26)17-10-2-1-8-15(17)18(20,21)22/h1-2,5-8,10,12,16,24H,3-4,9H2. The van der Waals surface area contributed by atoms with Crippen molar-refractivity contribution < 1.29 is 21.6 Å². The monoisotopic (exact) mass is 460 g/mol. The van der Waals surface area contributed by atoms with Gasteiger partial charge in [0, 0.05) is 16.9 Å². The Balaban J connectivity index is 2.40. The predicted molar refractivity (Wildman–Crippen MR) is 98.1 cm³/mol. The summed E-state index contributed by atoms with van der Waals surface area (Å²) in [5, 5.41) is 8.71. The fourth-order valence-corrected chi connectivity index (χ4v) is 4.49. The molecule has 0 aromatic heterocycles. The molecule has 0 saturated heterocycles. The molecule has 27 heavy (non-hydrogen) atoms. The molecule has 144 valence electrons. The maximum Gasteiger partial charge on any atom is 0.417 e. The normalized spacial score (nSPS) is 13.1. The molecule has 0 aliphatic heterocycles. The van der Waals surface area contributed by atoms with Crippen LogP contribution >= 0.6 is 15.9 Å². The Morgan fingerprint density at radius 3 is 2.48 bits per heavy atom. The number of nitrogens with one attached hydrogen (secondary N) is 1. The van der Waals surface area contributed by atoms with E-state index in [2.05, 4.69) is 20.7 Å². The number of sulfonamides is 1. The van der Waals surface area contributed by atoms with Gasteiger partial charge in [0.2, 0.25) is 10.0 Å². The van der Waals surface area contributed by atoms with Gasteiger partial charge in [-0.3, -0.25) is 0 Å². The van der Waals surface area contributed by atoms with E-state index in [1.807, 2.05) is 6.07 Å². The van der Waals surface area contributed by atoms with E-state index >= 15 is 0 Å². The summed E-state index contributed by atoms with van der Waals surface area (Å²) in [5.41, 5.74) is -0.627. The van der Waals surface area contributed by atoms with E-state index in [1.165, 1.54) is 6.07 Å². The molecule has 0 aliphatic carbocycles. The zero-order chi connectivity index (χ0) is 20.1. The van der Waals surface area contributed by atoms with Crippen molar-refractivity contribution >= 4 is 26.0 Å². The smallest absolute Gasteiger partial charge is 0.207 e. The molecule has 0 fully saturated rings. The number of hydrogen-bond acceptors (Lipinski definition) is 3. The Morgan fingerprint density at radius 1 is 1.15 bits per heavy atom. The summed E-state index contributed by atoms with van der Waals surface area (Å²) in [7, 11) is -4.44. The van der Waals surface area contributed by atoms with Gasteiger partial charge < -0.3 is 0 Å². The number of alkyl halides is 3. The third-order valence-corrected chi connectivity index (χ3v) is 5.83. The molecule has 9 heteroatoms. The molecule has 1 unspecified atom stereocenters. The Hall–Kier alpha value is -1.89. The number of nitriles is 1. The molecule has 0 aliphatic rings. The first-order valence-electron chi connectivity index (χ1n) is 7.96. The van der Waals surface area contributed by atoms with E-state index in [9.17, 15) is 21.6 Å². The molecule has 0 spiro atoms. The quantitative estimate of drug-likeness (QED) is 0.578. The molecule has 0 bridgehead atoms. The zero-order valence-electron chi connectivity index (χ0n) is 14.0. The summed E-state index contributed by atoms with van der Waals surface area (Å²) in [6, 6.07) is 12.1. The van der Waals surface area contributed by atoms with Crippen LogP contribution in [0, 0.1) is 11.3 Å². The first kappa shape index (κ1) is 21.4. The Kier molecular flexibility index (Phi) is 7.03. The largest absolute Gasteiger partial charge is 0.417 e. The lowest BCUT2D eigenvalue weighted by atomic mass is 10.0. The van der Waals surface area contributed by atoms with Gasteiger partial charge in [-0.25, -0.2) is 13.1 Å². The van der Waals surface area contributed by atoms with Crippen LogP contribution in [0.25, 0.3) is 0 Å². The lowest BCUT2D eigenvalue weighted by molar-refractivity contribution is -0.139. The summed E-state index contributed by atoms with van der Waals surface area (Å²) in [6.07, 6.45) is -3.91. The molecule has 1 N–H and O–H groups in total. The van der Waals surface area contributed by atoms with Gasteiger partial charge in [0.15, 0.2) is 0 Å². The van der Waals surface area contributed by atoms with Gasteiger partial charge in [-0.15, -0.1) is 0 Å². The van der Waals surface area contributed by atoms with Crippen LogP contribution in [0.2, 0.25) is 0 Å². The second kappa shape index (κ2) is 8.87. The Morgan fingerprint density at radius 2 is 1.85 bits per heavy atom. The Bertz CT molecular complexity index is 940. The van der Waals surface area contributed by atoms with E-state index in [0.717, 1.165) is 18.2 Å². The summed E-state index contributed by atoms with van der Waals surface area (Å²) in [4.78, 5) is -0.821. The minimum atomic E-state index is -4.79. The summed E-state index contributed by atoms with van der Waals surface area (Å²) >= 11 is 3.30. The maximum absolute atomic E-state index is 13.2. The van der Waals surface area contributed by atoms with Crippen molar-refractivity contribution in [3.05, 3.63) is 64.1 Å². The van der Waals surface area contributed by atoms with Crippen molar-refractivity contribution in [2.45, 2.75) is 36.4 Å². The molecule has 1 atom stereocenters. The van der Waals surface area contributed by atoms with Crippen molar-refractivity contribution in [2.75, 3.05) is 0 Å². The topological polar surface area (TPSA) is 70.0 Å². The van der Waals surface area contributed by atoms with Gasteiger partial charge in [-0.05, 0) is 42.7 Å². The lowest BCUT2D eigenvalue weighted by Gasteiger charge is -2.21. The van der Waals surface area contributed by atoms with Gasteiger partial charge in [0.1, 0.15) is 0 Å². The average molecular weight is 461 g/mol. The van der Waals surface area contributed by atoms with E-state index in [0.29, 0.717) is 16.5 Å². The highest BCUT2D eigenvalue weighted by Gasteiger charge is 2.37. The van der Waals surface area contributed by atoms with Crippen LogP contribution < -0.4 is 4.72 Å². The van der Waals surface area contributed by atoms with Gasteiger partial charge >= 0.3 is 6.18 Å². The van der Waals surface area contributed by atoms with Crippen molar-refractivity contribution in [1.82, 2.24) is 4.72 Å². The van der Waals surface area contributed by atoms with Crippen LogP contribution in [0.3, 0.4) is 0 Å². The highest BCUT2D eigenvalue weighted by molar-refractivity contribution is 9.10. The average Bonchev–Trinajstić information content (AvgIpc) is 2.60. The maximum atomic E-state index is 13.2. The second-order valence-electron chi connectivity index (χ2n) is 5.77.